The Bertz CT molecular complexity index is 440. The average molecular weight is 270 g/mol. The van der Waals surface area contributed by atoms with Gasteiger partial charge in [0.2, 0.25) is 5.01 Å². The van der Waals surface area contributed by atoms with Crippen LogP contribution in [0.15, 0.2) is 5.38 Å². The summed E-state index contributed by atoms with van der Waals surface area (Å²) in [5, 5.41) is 4.56. The standard InChI is InChI=1S/C11H14N2O4S/c1-2-17-11(15)10-13-8(6-18-10)9(14)12-7-3-4-16-5-7/h6-7H,2-5H2,1H3,(H,12,14). The number of hydrogen-bond acceptors (Lipinski definition) is 6. The Hall–Kier alpha value is -1.47. The number of rotatable bonds is 4. The molecule has 0 spiro atoms. The van der Waals surface area contributed by atoms with Crippen molar-refractivity contribution in [2.45, 2.75) is 19.4 Å². The minimum Gasteiger partial charge on any atom is -0.461 e. The largest absolute Gasteiger partial charge is 0.461 e. The van der Waals surface area contributed by atoms with E-state index in [-0.39, 0.29) is 22.7 Å². The second-order valence-corrected chi connectivity index (χ2v) is 4.65. The first kappa shape index (κ1) is 13.0. The SMILES string of the molecule is CCOC(=O)c1nc(C(=O)NC2CCOC2)cs1. The summed E-state index contributed by atoms with van der Waals surface area (Å²) in [5.41, 5.74) is 0.245. The first-order valence-electron chi connectivity index (χ1n) is 5.72. The van der Waals surface area contributed by atoms with Gasteiger partial charge in [0.1, 0.15) is 5.69 Å². The quantitative estimate of drug-likeness (QED) is 0.820. The molecule has 1 fully saturated rings. The monoisotopic (exact) mass is 270 g/mol. The lowest BCUT2D eigenvalue weighted by atomic mass is 10.2. The molecular formula is C11H14N2O4S. The van der Waals surface area contributed by atoms with E-state index in [1.165, 1.54) is 0 Å². The molecule has 1 amide bonds. The Kier molecular flexibility index (Phi) is 4.27. The molecule has 1 N–H and O–H groups in total. The van der Waals surface area contributed by atoms with E-state index in [2.05, 4.69) is 10.3 Å². The highest BCUT2D eigenvalue weighted by Crippen LogP contribution is 2.12. The van der Waals surface area contributed by atoms with Gasteiger partial charge in [-0.05, 0) is 13.3 Å². The summed E-state index contributed by atoms with van der Waals surface area (Å²) >= 11 is 1.11. The van der Waals surface area contributed by atoms with Crippen LogP contribution < -0.4 is 5.32 Å². The fourth-order valence-corrected chi connectivity index (χ4v) is 2.26. The number of amides is 1. The zero-order valence-corrected chi connectivity index (χ0v) is 10.8. The second kappa shape index (κ2) is 5.92. The number of nitrogens with one attached hydrogen (secondary N) is 1. The Labute approximate surface area is 108 Å². The lowest BCUT2D eigenvalue weighted by Gasteiger charge is -2.08. The van der Waals surface area contributed by atoms with Gasteiger partial charge in [-0.3, -0.25) is 4.79 Å². The van der Waals surface area contributed by atoms with Crippen LogP contribution in [0.25, 0.3) is 0 Å². The molecule has 1 atom stereocenters. The summed E-state index contributed by atoms with van der Waals surface area (Å²) in [7, 11) is 0. The number of carbonyl (C=O) groups is 2. The van der Waals surface area contributed by atoms with Crippen LogP contribution in [0.1, 0.15) is 33.6 Å². The first-order chi connectivity index (χ1) is 8.70. The predicted molar refractivity (Wildman–Crippen MR) is 64.8 cm³/mol. The highest BCUT2D eigenvalue weighted by molar-refractivity contribution is 7.11. The molecule has 0 aromatic carbocycles. The average Bonchev–Trinajstić information content (AvgIpc) is 2.99. The third-order valence-electron chi connectivity index (χ3n) is 2.45. The molecule has 1 aromatic heterocycles. The van der Waals surface area contributed by atoms with E-state index < -0.39 is 5.97 Å². The van der Waals surface area contributed by atoms with Crippen LogP contribution >= 0.6 is 11.3 Å². The Morgan fingerprint density at radius 1 is 1.67 bits per heavy atom. The van der Waals surface area contributed by atoms with Crippen LogP contribution in [0.3, 0.4) is 0 Å². The molecule has 7 heteroatoms. The van der Waals surface area contributed by atoms with Gasteiger partial charge in [0.25, 0.3) is 5.91 Å². The Morgan fingerprint density at radius 2 is 2.50 bits per heavy atom. The molecule has 2 rings (SSSR count). The molecule has 18 heavy (non-hydrogen) atoms. The van der Waals surface area contributed by atoms with Gasteiger partial charge in [-0.15, -0.1) is 11.3 Å². The lowest BCUT2D eigenvalue weighted by Crippen LogP contribution is -2.35. The summed E-state index contributed by atoms with van der Waals surface area (Å²) in [6.07, 6.45) is 0.806. The van der Waals surface area contributed by atoms with Crippen molar-refractivity contribution in [3.63, 3.8) is 0 Å². The van der Waals surface area contributed by atoms with Crippen molar-refractivity contribution in [2.75, 3.05) is 19.8 Å². The van der Waals surface area contributed by atoms with Gasteiger partial charge in [0.15, 0.2) is 0 Å². The molecule has 98 valence electrons. The van der Waals surface area contributed by atoms with Crippen LogP contribution in [0, 0.1) is 0 Å². The van der Waals surface area contributed by atoms with E-state index in [0.717, 1.165) is 17.8 Å². The minimum atomic E-state index is -0.495. The van der Waals surface area contributed by atoms with E-state index in [0.29, 0.717) is 19.8 Å². The lowest BCUT2D eigenvalue weighted by molar-refractivity contribution is 0.0526. The van der Waals surface area contributed by atoms with Gasteiger partial charge in [-0.2, -0.15) is 0 Å². The third kappa shape index (κ3) is 3.05. The van der Waals surface area contributed by atoms with E-state index in [4.69, 9.17) is 9.47 Å². The van der Waals surface area contributed by atoms with Crippen LogP contribution in [0.4, 0.5) is 0 Å². The number of nitrogens with zero attached hydrogens (tertiary/aromatic N) is 1. The van der Waals surface area contributed by atoms with Crippen LogP contribution in [-0.2, 0) is 9.47 Å². The van der Waals surface area contributed by atoms with Crippen molar-refractivity contribution in [1.29, 1.82) is 0 Å². The van der Waals surface area contributed by atoms with Gasteiger partial charge in [0, 0.05) is 12.0 Å². The topological polar surface area (TPSA) is 77.5 Å². The predicted octanol–water partition coefficient (Wildman–Crippen LogP) is 0.839. The summed E-state index contributed by atoms with van der Waals surface area (Å²) in [6.45, 7) is 3.20. The highest BCUT2D eigenvalue weighted by atomic mass is 32.1. The van der Waals surface area contributed by atoms with Crippen LogP contribution in [-0.4, -0.2) is 42.7 Å². The summed E-state index contributed by atoms with van der Waals surface area (Å²) in [5.74, 6) is -0.775. The molecule has 1 aliphatic rings. The number of thiazole rings is 1. The molecule has 1 unspecified atom stereocenters. The molecule has 0 radical (unpaired) electrons. The highest BCUT2D eigenvalue weighted by Gasteiger charge is 2.21. The van der Waals surface area contributed by atoms with Gasteiger partial charge >= 0.3 is 5.97 Å². The maximum Gasteiger partial charge on any atom is 0.367 e. The maximum atomic E-state index is 11.8. The van der Waals surface area contributed by atoms with E-state index in [1.807, 2.05) is 0 Å². The fraction of sp³-hybridized carbons (Fsp3) is 0.545. The van der Waals surface area contributed by atoms with E-state index in [1.54, 1.807) is 12.3 Å². The maximum absolute atomic E-state index is 11.8. The Balaban J connectivity index is 1.96. The molecule has 1 aliphatic heterocycles. The molecule has 0 aliphatic carbocycles. The van der Waals surface area contributed by atoms with Crippen LogP contribution in [0.2, 0.25) is 0 Å². The fourth-order valence-electron chi connectivity index (χ4n) is 1.57. The first-order valence-corrected chi connectivity index (χ1v) is 6.60. The molecule has 1 saturated heterocycles. The number of hydrogen-bond donors (Lipinski definition) is 1. The van der Waals surface area contributed by atoms with Crippen molar-refractivity contribution < 1.29 is 19.1 Å². The van der Waals surface area contributed by atoms with Gasteiger partial charge in [0.05, 0.1) is 19.3 Å². The number of ether oxygens (including phenoxy) is 2. The van der Waals surface area contributed by atoms with Gasteiger partial charge < -0.3 is 14.8 Å². The van der Waals surface area contributed by atoms with Crippen LogP contribution in [0.5, 0.6) is 0 Å². The smallest absolute Gasteiger partial charge is 0.367 e. The number of aromatic nitrogens is 1. The van der Waals surface area contributed by atoms with Crippen molar-refractivity contribution in [3.8, 4) is 0 Å². The van der Waals surface area contributed by atoms with Crippen molar-refractivity contribution in [2.24, 2.45) is 0 Å². The number of esters is 1. The van der Waals surface area contributed by atoms with Crippen molar-refractivity contribution >= 4 is 23.2 Å². The van der Waals surface area contributed by atoms with Gasteiger partial charge in [-0.1, -0.05) is 0 Å². The zero-order chi connectivity index (χ0) is 13.0. The minimum absolute atomic E-state index is 0.0326. The van der Waals surface area contributed by atoms with Crippen molar-refractivity contribution in [1.82, 2.24) is 10.3 Å². The van der Waals surface area contributed by atoms with E-state index in [9.17, 15) is 9.59 Å². The van der Waals surface area contributed by atoms with E-state index >= 15 is 0 Å². The zero-order valence-electron chi connectivity index (χ0n) is 9.97. The van der Waals surface area contributed by atoms with Crippen molar-refractivity contribution in [3.05, 3.63) is 16.1 Å². The summed E-state index contributed by atoms with van der Waals surface area (Å²) in [6, 6.07) is 0.0326. The molecule has 2 heterocycles. The molecule has 0 saturated carbocycles. The third-order valence-corrected chi connectivity index (χ3v) is 3.27. The second-order valence-electron chi connectivity index (χ2n) is 3.79. The molecule has 0 bridgehead atoms. The molecular weight excluding hydrogens is 256 g/mol. The van der Waals surface area contributed by atoms with Gasteiger partial charge in [-0.25, -0.2) is 9.78 Å². The number of carbonyl (C=O) groups excluding carboxylic acids is 2. The molecule has 6 nitrogen and oxygen atoms in total. The summed E-state index contributed by atoms with van der Waals surface area (Å²) in [4.78, 5) is 27.2. The summed E-state index contributed by atoms with van der Waals surface area (Å²) < 4.78 is 9.97. The Morgan fingerprint density at radius 3 is 3.17 bits per heavy atom. The molecule has 1 aromatic rings. The normalized spacial score (nSPS) is 18.6.